The summed E-state index contributed by atoms with van der Waals surface area (Å²) in [4.78, 5) is 11.5. The molecular formula is C21H37IN4O2S. The number of ether oxygens (including phenoxy) is 2. The SMILES string of the molecule is CCNC(=NCC(C)N1CCc2sccc2C1)N1CCC(COCCOC)C1.I. The van der Waals surface area contributed by atoms with E-state index >= 15 is 0 Å². The van der Waals surface area contributed by atoms with Gasteiger partial charge in [-0.2, -0.15) is 0 Å². The Labute approximate surface area is 197 Å². The van der Waals surface area contributed by atoms with Crippen molar-refractivity contribution >= 4 is 41.3 Å². The second-order valence-corrected chi connectivity index (χ2v) is 8.80. The fourth-order valence-corrected chi connectivity index (χ4v) is 4.85. The van der Waals surface area contributed by atoms with Crippen LogP contribution in [0.2, 0.25) is 0 Å². The summed E-state index contributed by atoms with van der Waals surface area (Å²) in [5, 5.41) is 5.71. The van der Waals surface area contributed by atoms with E-state index in [-0.39, 0.29) is 24.0 Å². The first kappa shape index (κ1) is 24.8. The van der Waals surface area contributed by atoms with Gasteiger partial charge in [0.2, 0.25) is 0 Å². The van der Waals surface area contributed by atoms with Gasteiger partial charge in [0.15, 0.2) is 5.96 Å². The van der Waals surface area contributed by atoms with E-state index in [1.807, 2.05) is 11.3 Å². The third-order valence-electron chi connectivity index (χ3n) is 5.67. The van der Waals surface area contributed by atoms with Crippen molar-refractivity contribution in [3.63, 3.8) is 0 Å². The number of nitrogens with one attached hydrogen (secondary N) is 1. The molecule has 0 amide bonds. The molecule has 0 aliphatic carbocycles. The van der Waals surface area contributed by atoms with E-state index in [0.29, 0.717) is 25.2 Å². The van der Waals surface area contributed by atoms with Crippen molar-refractivity contribution in [3.8, 4) is 0 Å². The molecule has 3 heterocycles. The maximum atomic E-state index is 5.73. The lowest BCUT2D eigenvalue weighted by atomic mass is 10.1. The third-order valence-corrected chi connectivity index (χ3v) is 6.69. The van der Waals surface area contributed by atoms with Gasteiger partial charge in [0.25, 0.3) is 0 Å². The van der Waals surface area contributed by atoms with Crippen molar-refractivity contribution < 1.29 is 9.47 Å². The average molecular weight is 537 g/mol. The molecule has 0 radical (unpaired) electrons. The summed E-state index contributed by atoms with van der Waals surface area (Å²) < 4.78 is 10.8. The second-order valence-electron chi connectivity index (χ2n) is 7.80. The first-order valence-electron chi connectivity index (χ1n) is 10.6. The van der Waals surface area contributed by atoms with Crippen molar-refractivity contribution in [2.24, 2.45) is 10.9 Å². The van der Waals surface area contributed by atoms with Crippen molar-refractivity contribution in [1.29, 1.82) is 0 Å². The van der Waals surface area contributed by atoms with Crippen LogP contribution in [0.3, 0.4) is 0 Å². The molecule has 1 aromatic rings. The molecule has 2 atom stereocenters. The standard InChI is InChI=1S/C21H36N4O2S.HI/c1-4-22-21(25-8-5-18(14-25)16-27-11-10-26-3)23-13-17(2)24-9-6-20-19(15-24)7-12-28-20;/h7,12,17-18H,4-6,8-11,13-16H2,1-3H3,(H,22,23);1H. The van der Waals surface area contributed by atoms with E-state index in [2.05, 4.69) is 40.4 Å². The van der Waals surface area contributed by atoms with Gasteiger partial charge in [0, 0.05) is 56.7 Å². The van der Waals surface area contributed by atoms with Gasteiger partial charge in [-0.1, -0.05) is 0 Å². The van der Waals surface area contributed by atoms with Crippen LogP contribution >= 0.6 is 35.3 Å². The summed E-state index contributed by atoms with van der Waals surface area (Å²) in [5.41, 5.74) is 1.51. The molecule has 2 aliphatic rings. The zero-order valence-electron chi connectivity index (χ0n) is 18.1. The quantitative estimate of drug-likeness (QED) is 0.228. The summed E-state index contributed by atoms with van der Waals surface area (Å²) >= 11 is 1.90. The van der Waals surface area contributed by atoms with Crippen LogP contribution in [-0.2, 0) is 22.4 Å². The molecule has 0 spiro atoms. The highest BCUT2D eigenvalue weighted by atomic mass is 127. The molecule has 1 aromatic heterocycles. The minimum Gasteiger partial charge on any atom is -0.382 e. The average Bonchev–Trinajstić information content (AvgIpc) is 3.37. The van der Waals surface area contributed by atoms with E-state index in [0.717, 1.165) is 51.8 Å². The number of rotatable bonds is 9. The lowest BCUT2D eigenvalue weighted by Crippen LogP contribution is -2.42. The molecule has 8 heteroatoms. The van der Waals surface area contributed by atoms with Crippen molar-refractivity contribution in [2.45, 2.75) is 39.3 Å². The summed E-state index contributed by atoms with van der Waals surface area (Å²) in [5.74, 6) is 1.64. The number of aliphatic imine (C=N–C) groups is 1. The number of guanidine groups is 1. The van der Waals surface area contributed by atoms with Crippen LogP contribution in [0.5, 0.6) is 0 Å². The third kappa shape index (κ3) is 7.34. The number of hydrogen-bond donors (Lipinski definition) is 1. The monoisotopic (exact) mass is 536 g/mol. The van der Waals surface area contributed by atoms with Crippen LogP contribution in [0.15, 0.2) is 16.4 Å². The summed E-state index contributed by atoms with van der Waals surface area (Å²) in [6.07, 6.45) is 2.35. The summed E-state index contributed by atoms with van der Waals surface area (Å²) in [7, 11) is 1.71. The highest BCUT2D eigenvalue weighted by molar-refractivity contribution is 14.0. The van der Waals surface area contributed by atoms with Gasteiger partial charge in [0.1, 0.15) is 0 Å². The number of likely N-dealkylation sites (tertiary alicyclic amines) is 1. The Morgan fingerprint density at radius 2 is 2.24 bits per heavy atom. The van der Waals surface area contributed by atoms with Crippen LogP contribution in [0.4, 0.5) is 0 Å². The van der Waals surface area contributed by atoms with E-state index in [1.54, 1.807) is 12.0 Å². The van der Waals surface area contributed by atoms with Gasteiger partial charge in [-0.15, -0.1) is 35.3 Å². The Balaban J connectivity index is 0.00000300. The molecule has 0 aromatic carbocycles. The number of fused-ring (bicyclic) bond motifs is 1. The van der Waals surface area contributed by atoms with Crippen molar-refractivity contribution in [1.82, 2.24) is 15.1 Å². The summed E-state index contributed by atoms with van der Waals surface area (Å²) in [6, 6.07) is 2.74. The van der Waals surface area contributed by atoms with Gasteiger partial charge < -0.3 is 19.7 Å². The molecule has 0 bridgehead atoms. The molecule has 2 unspecified atom stereocenters. The number of halogens is 1. The van der Waals surface area contributed by atoms with Crippen LogP contribution in [0.25, 0.3) is 0 Å². The zero-order chi connectivity index (χ0) is 19.8. The van der Waals surface area contributed by atoms with Gasteiger partial charge in [-0.25, -0.2) is 0 Å². The molecule has 1 N–H and O–H groups in total. The number of hydrogen-bond acceptors (Lipinski definition) is 5. The Bertz CT molecular complexity index is 628. The molecule has 1 saturated heterocycles. The Morgan fingerprint density at radius 1 is 1.38 bits per heavy atom. The number of nitrogens with zero attached hydrogens (tertiary/aromatic N) is 3. The molecule has 1 fully saturated rings. The fourth-order valence-electron chi connectivity index (χ4n) is 3.96. The van der Waals surface area contributed by atoms with E-state index in [1.165, 1.54) is 18.4 Å². The van der Waals surface area contributed by atoms with Gasteiger partial charge in [-0.05, 0) is 43.7 Å². The fraction of sp³-hybridized carbons (Fsp3) is 0.762. The number of methoxy groups -OCH3 is 1. The number of thiophene rings is 1. The van der Waals surface area contributed by atoms with Crippen LogP contribution in [-0.4, -0.2) is 81.5 Å². The van der Waals surface area contributed by atoms with Crippen molar-refractivity contribution in [3.05, 3.63) is 21.9 Å². The topological polar surface area (TPSA) is 49.3 Å². The molecule has 2 aliphatic heterocycles. The molecule has 29 heavy (non-hydrogen) atoms. The van der Waals surface area contributed by atoms with Crippen LogP contribution in [0, 0.1) is 5.92 Å². The highest BCUT2D eigenvalue weighted by Crippen LogP contribution is 2.25. The van der Waals surface area contributed by atoms with E-state index < -0.39 is 0 Å². The van der Waals surface area contributed by atoms with Gasteiger partial charge in [-0.3, -0.25) is 9.89 Å². The Morgan fingerprint density at radius 3 is 3.03 bits per heavy atom. The zero-order valence-corrected chi connectivity index (χ0v) is 21.2. The first-order valence-corrected chi connectivity index (χ1v) is 11.5. The lowest BCUT2D eigenvalue weighted by Gasteiger charge is -2.32. The summed E-state index contributed by atoms with van der Waals surface area (Å²) in [6.45, 7) is 12.6. The molecule has 3 rings (SSSR count). The predicted molar refractivity (Wildman–Crippen MR) is 132 cm³/mol. The Hall–Kier alpha value is -0.420. The smallest absolute Gasteiger partial charge is 0.193 e. The van der Waals surface area contributed by atoms with Crippen LogP contribution in [0.1, 0.15) is 30.7 Å². The maximum Gasteiger partial charge on any atom is 0.193 e. The van der Waals surface area contributed by atoms with Gasteiger partial charge >= 0.3 is 0 Å². The van der Waals surface area contributed by atoms with E-state index in [4.69, 9.17) is 14.5 Å². The van der Waals surface area contributed by atoms with Crippen molar-refractivity contribution in [2.75, 3.05) is 59.7 Å². The molecular weight excluding hydrogens is 499 g/mol. The normalized spacial score (nSPS) is 21.0. The predicted octanol–water partition coefficient (Wildman–Crippen LogP) is 3.06. The highest BCUT2D eigenvalue weighted by Gasteiger charge is 2.26. The molecule has 6 nitrogen and oxygen atoms in total. The maximum absolute atomic E-state index is 5.73. The molecule has 166 valence electrons. The van der Waals surface area contributed by atoms with E-state index in [9.17, 15) is 0 Å². The first-order chi connectivity index (χ1) is 13.7. The Kier molecular flexibility index (Phi) is 11.2. The van der Waals surface area contributed by atoms with Crippen LogP contribution < -0.4 is 5.32 Å². The minimum atomic E-state index is 0. The second kappa shape index (κ2) is 13.1. The van der Waals surface area contributed by atoms with Gasteiger partial charge in [0.05, 0.1) is 26.4 Å². The lowest BCUT2D eigenvalue weighted by molar-refractivity contribution is 0.0536. The molecule has 0 saturated carbocycles. The minimum absolute atomic E-state index is 0. The largest absolute Gasteiger partial charge is 0.382 e.